The first-order valence-electron chi connectivity index (χ1n) is 10.1. The maximum Gasteiger partial charge on any atom is 0.339 e. The zero-order valence-electron chi connectivity index (χ0n) is 17.1. The number of rotatable bonds is 3. The van der Waals surface area contributed by atoms with E-state index >= 15 is 0 Å². The fraction of sp³-hybridized carbons (Fsp3) is 0.364. The number of fused-ring (bicyclic) bond motifs is 1. The molecule has 0 aliphatic carbocycles. The van der Waals surface area contributed by atoms with Crippen LogP contribution < -0.4 is 0 Å². The van der Waals surface area contributed by atoms with Crippen LogP contribution in [0.15, 0.2) is 53.4 Å². The topological polar surface area (TPSA) is 84.0 Å². The van der Waals surface area contributed by atoms with Crippen LogP contribution in [0.5, 0.6) is 0 Å². The van der Waals surface area contributed by atoms with Gasteiger partial charge in [-0.2, -0.15) is 4.31 Å². The van der Waals surface area contributed by atoms with Crippen molar-refractivity contribution in [2.75, 3.05) is 26.2 Å². The van der Waals surface area contributed by atoms with Gasteiger partial charge < -0.3 is 9.64 Å². The molecule has 7 nitrogen and oxygen atoms in total. The second kappa shape index (κ2) is 8.05. The van der Waals surface area contributed by atoms with Crippen molar-refractivity contribution >= 4 is 21.9 Å². The van der Waals surface area contributed by atoms with E-state index < -0.39 is 27.4 Å². The van der Waals surface area contributed by atoms with Crippen LogP contribution in [0.4, 0.5) is 4.39 Å². The minimum Gasteiger partial charge on any atom is -0.445 e. The van der Waals surface area contributed by atoms with Crippen molar-refractivity contribution in [1.29, 1.82) is 0 Å². The SMILES string of the molecule is CC1(C(=O)N2CCCN(S(=O)(=O)c3ccc(F)cc3)CC2)Cc2ccccc2C(=O)O1. The molecule has 2 heterocycles. The first-order valence-corrected chi connectivity index (χ1v) is 11.5. The molecule has 1 amide bonds. The van der Waals surface area contributed by atoms with Crippen molar-refractivity contribution in [1.82, 2.24) is 9.21 Å². The van der Waals surface area contributed by atoms with Crippen LogP contribution in [-0.4, -0.2) is 61.3 Å². The van der Waals surface area contributed by atoms with Gasteiger partial charge in [0, 0.05) is 32.6 Å². The van der Waals surface area contributed by atoms with Gasteiger partial charge in [0.15, 0.2) is 5.60 Å². The third kappa shape index (κ3) is 4.07. The number of carbonyl (C=O) groups is 2. The maximum absolute atomic E-state index is 13.3. The zero-order chi connectivity index (χ0) is 22.2. The van der Waals surface area contributed by atoms with E-state index in [1.54, 1.807) is 30.0 Å². The Kier molecular flexibility index (Phi) is 5.57. The summed E-state index contributed by atoms with van der Waals surface area (Å²) in [6.45, 7) is 2.47. The molecule has 0 spiro atoms. The van der Waals surface area contributed by atoms with Crippen LogP contribution in [-0.2, 0) is 26.0 Å². The number of hydrogen-bond donors (Lipinski definition) is 0. The maximum atomic E-state index is 13.3. The van der Waals surface area contributed by atoms with Gasteiger partial charge in [-0.15, -0.1) is 0 Å². The van der Waals surface area contributed by atoms with Crippen molar-refractivity contribution in [2.24, 2.45) is 0 Å². The summed E-state index contributed by atoms with van der Waals surface area (Å²) in [5.74, 6) is -1.38. The molecular weight excluding hydrogens is 423 g/mol. The number of amides is 1. The highest BCUT2D eigenvalue weighted by molar-refractivity contribution is 7.89. The van der Waals surface area contributed by atoms with E-state index in [1.165, 1.54) is 16.4 Å². The Morgan fingerprint density at radius 3 is 2.48 bits per heavy atom. The van der Waals surface area contributed by atoms with Gasteiger partial charge in [-0.05, 0) is 49.2 Å². The zero-order valence-corrected chi connectivity index (χ0v) is 17.9. The number of cyclic esters (lactones) is 1. The van der Waals surface area contributed by atoms with Crippen molar-refractivity contribution in [3.05, 3.63) is 65.5 Å². The van der Waals surface area contributed by atoms with Crippen molar-refractivity contribution in [3.8, 4) is 0 Å². The third-order valence-corrected chi connectivity index (χ3v) is 7.64. The molecule has 2 aliphatic rings. The molecule has 9 heteroatoms. The fourth-order valence-corrected chi connectivity index (χ4v) is 5.55. The monoisotopic (exact) mass is 446 g/mol. The molecule has 0 radical (unpaired) electrons. The van der Waals surface area contributed by atoms with Crippen LogP contribution in [0.1, 0.15) is 29.3 Å². The van der Waals surface area contributed by atoms with E-state index in [9.17, 15) is 22.4 Å². The molecule has 164 valence electrons. The molecular formula is C22H23FN2O5S. The second-order valence-corrected chi connectivity index (χ2v) is 9.90. The Labute approximate surface area is 180 Å². The molecule has 1 saturated heterocycles. The van der Waals surface area contributed by atoms with Gasteiger partial charge in [0.2, 0.25) is 10.0 Å². The normalized spacial score (nSPS) is 22.4. The molecule has 2 aliphatic heterocycles. The molecule has 0 bridgehead atoms. The number of sulfonamides is 1. The summed E-state index contributed by atoms with van der Waals surface area (Å²) in [5, 5.41) is 0. The summed E-state index contributed by atoms with van der Waals surface area (Å²) in [6, 6.07) is 11.7. The standard InChI is InChI=1S/C22H23FN2O5S/c1-22(15-16-5-2-3-6-19(16)20(26)30-22)21(27)24-11-4-12-25(14-13-24)31(28,29)18-9-7-17(23)8-10-18/h2-3,5-10H,4,11-15H2,1H3. The average molecular weight is 447 g/mol. The summed E-state index contributed by atoms with van der Waals surface area (Å²) >= 11 is 0. The van der Waals surface area contributed by atoms with Gasteiger partial charge in [0.25, 0.3) is 5.91 Å². The Morgan fingerprint density at radius 2 is 1.74 bits per heavy atom. The molecule has 0 saturated carbocycles. The minimum absolute atomic E-state index is 0.0125. The summed E-state index contributed by atoms with van der Waals surface area (Å²) in [5.41, 5.74) is -0.124. The molecule has 0 N–H and O–H groups in total. The third-order valence-electron chi connectivity index (χ3n) is 5.73. The van der Waals surface area contributed by atoms with Crippen LogP contribution in [0, 0.1) is 5.82 Å². The molecule has 1 atom stereocenters. The molecule has 1 unspecified atom stereocenters. The van der Waals surface area contributed by atoms with Gasteiger partial charge in [0.05, 0.1) is 10.5 Å². The predicted molar refractivity (Wildman–Crippen MR) is 110 cm³/mol. The van der Waals surface area contributed by atoms with Crippen LogP contribution in [0.2, 0.25) is 0 Å². The quantitative estimate of drug-likeness (QED) is 0.675. The number of hydrogen-bond acceptors (Lipinski definition) is 5. The summed E-state index contributed by atoms with van der Waals surface area (Å²) in [6.07, 6.45) is 0.703. The van der Waals surface area contributed by atoms with Crippen molar-refractivity contribution in [3.63, 3.8) is 0 Å². The number of benzene rings is 2. The number of carbonyl (C=O) groups excluding carboxylic acids is 2. The highest BCUT2D eigenvalue weighted by Crippen LogP contribution is 2.30. The average Bonchev–Trinajstić information content (AvgIpc) is 3.00. The first-order chi connectivity index (χ1) is 14.7. The number of nitrogens with zero attached hydrogens (tertiary/aromatic N) is 2. The van der Waals surface area contributed by atoms with E-state index in [-0.39, 0.29) is 36.9 Å². The molecule has 2 aromatic carbocycles. The lowest BCUT2D eigenvalue weighted by atomic mass is 9.89. The fourth-order valence-electron chi connectivity index (χ4n) is 4.08. The predicted octanol–water partition coefficient (Wildman–Crippen LogP) is 2.22. The minimum atomic E-state index is -3.80. The van der Waals surface area contributed by atoms with Gasteiger partial charge in [-0.25, -0.2) is 17.6 Å². The van der Waals surface area contributed by atoms with E-state index in [0.29, 0.717) is 18.5 Å². The van der Waals surface area contributed by atoms with E-state index in [0.717, 1.165) is 17.7 Å². The van der Waals surface area contributed by atoms with Gasteiger partial charge in [0.1, 0.15) is 5.82 Å². The number of halogens is 1. The Morgan fingerprint density at radius 1 is 1.03 bits per heavy atom. The van der Waals surface area contributed by atoms with E-state index in [2.05, 4.69) is 0 Å². The molecule has 31 heavy (non-hydrogen) atoms. The lowest BCUT2D eigenvalue weighted by molar-refractivity contribution is -0.151. The largest absolute Gasteiger partial charge is 0.445 e. The van der Waals surface area contributed by atoms with Crippen molar-refractivity contribution in [2.45, 2.75) is 30.3 Å². The Balaban J connectivity index is 1.49. The van der Waals surface area contributed by atoms with Gasteiger partial charge >= 0.3 is 5.97 Å². The number of esters is 1. The lowest BCUT2D eigenvalue weighted by Crippen LogP contribution is -2.54. The Hall–Kier alpha value is -2.78. The first kappa shape index (κ1) is 21.5. The lowest BCUT2D eigenvalue weighted by Gasteiger charge is -2.36. The molecule has 2 aromatic rings. The van der Waals surface area contributed by atoms with Crippen LogP contribution in [0.25, 0.3) is 0 Å². The van der Waals surface area contributed by atoms with Crippen LogP contribution in [0.3, 0.4) is 0 Å². The van der Waals surface area contributed by atoms with Gasteiger partial charge in [-0.3, -0.25) is 4.79 Å². The van der Waals surface area contributed by atoms with Crippen molar-refractivity contribution < 1.29 is 27.1 Å². The number of ether oxygens (including phenoxy) is 1. The molecule has 1 fully saturated rings. The highest BCUT2D eigenvalue weighted by atomic mass is 32.2. The summed E-state index contributed by atoms with van der Waals surface area (Å²) < 4.78 is 45.8. The summed E-state index contributed by atoms with van der Waals surface area (Å²) in [4.78, 5) is 27.3. The summed E-state index contributed by atoms with van der Waals surface area (Å²) in [7, 11) is -3.80. The molecule has 0 aromatic heterocycles. The highest BCUT2D eigenvalue weighted by Gasteiger charge is 2.45. The van der Waals surface area contributed by atoms with E-state index in [4.69, 9.17) is 4.74 Å². The Bertz CT molecular complexity index is 1120. The second-order valence-electron chi connectivity index (χ2n) is 7.96. The van der Waals surface area contributed by atoms with E-state index in [1.807, 2.05) is 6.07 Å². The van der Waals surface area contributed by atoms with Crippen LogP contribution >= 0.6 is 0 Å². The molecule has 4 rings (SSSR count). The smallest absolute Gasteiger partial charge is 0.339 e. The van der Waals surface area contributed by atoms with Gasteiger partial charge in [-0.1, -0.05) is 18.2 Å².